The first-order chi connectivity index (χ1) is 17.0. The molecule has 0 bridgehead atoms. The van der Waals surface area contributed by atoms with Gasteiger partial charge in [-0.1, -0.05) is 54.3 Å². The van der Waals surface area contributed by atoms with Gasteiger partial charge in [-0.2, -0.15) is 0 Å². The van der Waals surface area contributed by atoms with Gasteiger partial charge >= 0.3 is 5.97 Å². The van der Waals surface area contributed by atoms with Crippen molar-refractivity contribution in [2.45, 2.75) is 19.9 Å². The molecule has 0 spiro atoms. The predicted molar refractivity (Wildman–Crippen MR) is 136 cm³/mol. The minimum atomic E-state index is -0.682. The van der Waals surface area contributed by atoms with E-state index >= 15 is 0 Å². The highest BCUT2D eigenvalue weighted by Gasteiger charge is 2.33. The fourth-order valence-corrected chi connectivity index (χ4v) is 4.97. The molecule has 4 rings (SSSR count). The summed E-state index contributed by atoms with van der Waals surface area (Å²) in [5, 5.41) is 0. The van der Waals surface area contributed by atoms with Gasteiger partial charge in [-0.25, -0.2) is 9.79 Å². The van der Waals surface area contributed by atoms with Crippen LogP contribution >= 0.6 is 11.3 Å². The normalized spacial score (nSPS) is 15.3. The molecule has 180 valence electrons. The van der Waals surface area contributed by atoms with Gasteiger partial charge in [-0.15, -0.1) is 0 Å². The van der Waals surface area contributed by atoms with Gasteiger partial charge in [0.15, 0.2) is 4.80 Å². The SMILES string of the molecule is C=CCOc1ccc([C@H]2C(C(=O)OCC)=C(C)N=c3sc(=Cc4ccccc4OC)c(=O)n32)cc1. The first kappa shape index (κ1) is 24.2. The highest BCUT2D eigenvalue weighted by molar-refractivity contribution is 7.07. The summed E-state index contributed by atoms with van der Waals surface area (Å²) < 4.78 is 18.4. The molecule has 3 aromatic rings. The number of para-hydroxylation sites is 1. The van der Waals surface area contributed by atoms with Gasteiger partial charge in [0, 0.05) is 5.56 Å². The number of thiazole rings is 1. The first-order valence-electron chi connectivity index (χ1n) is 11.1. The summed E-state index contributed by atoms with van der Waals surface area (Å²) >= 11 is 1.27. The number of esters is 1. The summed E-state index contributed by atoms with van der Waals surface area (Å²) in [5.41, 5.74) is 2.14. The maximum absolute atomic E-state index is 13.7. The molecule has 2 heterocycles. The molecule has 1 atom stereocenters. The molecule has 2 aromatic carbocycles. The number of nitrogens with zero attached hydrogens (tertiary/aromatic N) is 2. The van der Waals surface area contributed by atoms with Crippen molar-refractivity contribution in [3.63, 3.8) is 0 Å². The number of ether oxygens (including phenoxy) is 3. The summed E-state index contributed by atoms with van der Waals surface area (Å²) in [6.45, 7) is 7.77. The molecule has 1 aliphatic rings. The van der Waals surface area contributed by atoms with Crippen molar-refractivity contribution in [3.8, 4) is 11.5 Å². The number of hydrogen-bond acceptors (Lipinski definition) is 7. The summed E-state index contributed by atoms with van der Waals surface area (Å²) in [4.78, 5) is 31.8. The van der Waals surface area contributed by atoms with Crippen LogP contribution in [0.5, 0.6) is 11.5 Å². The molecule has 0 unspecified atom stereocenters. The lowest BCUT2D eigenvalue weighted by Crippen LogP contribution is -2.39. The van der Waals surface area contributed by atoms with Gasteiger partial charge in [0.1, 0.15) is 18.1 Å². The van der Waals surface area contributed by atoms with Crippen molar-refractivity contribution in [1.29, 1.82) is 0 Å². The van der Waals surface area contributed by atoms with E-state index < -0.39 is 12.0 Å². The molecule has 35 heavy (non-hydrogen) atoms. The van der Waals surface area contributed by atoms with Gasteiger partial charge < -0.3 is 14.2 Å². The number of carbonyl (C=O) groups is 1. The van der Waals surface area contributed by atoms with Crippen LogP contribution in [0.3, 0.4) is 0 Å². The van der Waals surface area contributed by atoms with E-state index in [9.17, 15) is 9.59 Å². The standard InChI is InChI=1S/C27H26N2O5S/c1-5-15-34-20-13-11-18(12-14-20)24-23(26(31)33-6-2)17(3)28-27-29(24)25(30)22(35-27)16-19-9-7-8-10-21(19)32-4/h5,7-14,16,24H,1,6,15H2,2-4H3/t24-/m0/s1. The third-order valence-corrected chi connectivity index (χ3v) is 6.49. The van der Waals surface area contributed by atoms with Crippen molar-refractivity contribution < 1.29 is 19.0 Å². The number of fused-ring (bicyclic) bond motifs is 1. The van der Waals surface area contributed by atoms with Crippen LogP contribution in [0, 0.1) is 0 Å². The maximum Gasteiger partial charge on any atom is 0.338 e. The number of rotatable bonds is 8. The first-order valence-corrected chi connectivity index (χ1v) is 12.0. The molecule has 1 aliphatic heterocycles. The molecule has 0 aliphatic carbocycles. The lowest BCUT2D eigenvalue weighted by Gasteiger charge is -2.24. The van der Waals surface area contributed by atoms with E-state index in [2.05, 4.69) is 11.6 Å². The molecule has 1 aromatic heterocycles. The number of hydrogen-bond donors (Lipinski definition) is 0. The summed E-state index contributed by atoms with van der Waals surface area (Å²) in [6, 6.07) is 14.1. The number of carbonyl (C=O) groups excluding carboxylic acids is 1. The summed E-state index contributed by atoms with van der Waals surface area (Å²) in [6.07, 6.45) is 3.45. The Balaban J connectivity index is 1.90. The van der Waals surface area contributed by atoms with Gasteiger partial charge in [-0.3, -0.25) is 9.36 Å². The van der Waals surface area contributed by atoms with Crippen LogP contribution in [0.2, 0.25) is 0 Å². The lowest BCUT2D eigenvalue weighted by atomic mass is 9.96. The Morgan fingerprint density at radius 2 is 1.94 bits per heavy atom. The number of aromatic nitrogens is 1. The van der Waals surface area contributed by atoms with Gasteiger partial charge in [0.05, 0.1) is 35.6 Å². The van der Waals surface area contributed by atoms with Crippen LogP contribution in [0.1, 0.15) is 31.0 Å². The van der Waals surface area contributed by atoms with Crippen molar-refractivity contribution in [2.24, 2.45) is 4.99 Å². The molecule has 0 saturated carbocycles. The smallest absolute Gasteiger partial charge is 0.338 e. The Kier molecular flexibility index (Phi) is 7.31. The third kappa shape index (κ3) is 4.83. The molecule has 0 radical (unpaired) electrons. The van der Waals surface area contributed by atoms with Crippen molar-refractivity contribution in [2.75, 3.05) is 20.3 Å². The Morgan fingerprint density at radius 3 is 2.63 bits per heavy atom. The average molecular weight is 491 g/mol. The van der Waals surface area contributed by atoms with Crippen LogP contribution in [0.15, 0.2) is 82.2 Å². The van der Waals surface area contributed by atoms with Gasteiger partial charge in [-0.05, 0) is 43.7 Å². The molecule has 0 saturated heterocycles. The zero-order valence-electron chi connectivity index (χ0n) is 19.8. The predicted octanol–water partition coefficient (Wildman–Crippen LogP) is 3.37. The van der Waals surface area contributed by atoms with Gasteiger partial charge in [0.25, 0.3) is 5.56 Å². The second kappa shape index (κ2) is 10.6. The van der Waals surface area contributed by atoms with Crippen molar-refractivity contribution >= 4 is 23.4 Å². The van der Waals surface area contributed by atoms with Crippen LogP contribution in [0.25, 0.3) is 6.08 Å². The Labute approximate surface area is 206 Å². The van der Waals surface area contributed by atoms with E-state index in [1.165, 1.54) is 11.3 Å². The van der Waals surface area contributed by atoms with E-state index in [1.807, 2.05) is 48.5 Å². The molecule has 7 nitrogen and oxygen atoms in total. The minimum Gasteiger partial charge on any atom is -0.496 e. The molecular weight excluding hydrogens is 464 g/mol. The topological polar surface area (TPSA) is 79.1 Å². The van der Waals surface area contributed by atoms with E-state index in [0.717, 1.165) is 11.1 Å². The fourth-order valence-electron chi connectivity index (χ4n) is 3.94. The van der Waals surface area contributed by atoms with Gasteiger partial charge in [0.2, 0.25) is 0 Å². The highest BCUT2D eigenvalue weighted by atomic mass is 32.1. The second-order valence-electron chi connectivity index (χ2n) is 7.71. The number of benzene rings is 2. The zero-order valence-corrected chi connectivity index (χ0v) is 20.6. The zero-order chi connectivity index (χ0) is 24.9. The number of methoxy groups -OCH3 is 1. The Morgan fingerprint density at radius 1 is 1.20 bits per heavy atom. The van der Waals surface area contributed by atoms with E-state index in [1.54, 1.807) is 37.7 Å². The van der Waals surface area contributed by atoms with Crippen LogP contribution in [0.4, 0.5) is 0 Å². The average Bonchev–Trinajstić information content (AvgIpc) is 3.17. The summed E-state index contributed by atoms with van der Waals surface area (Å²) in [5.74, 6) is 0.828. The van der Waals surface area contributed by atoms with E-state index in [0.29, 0.717) is 38.7 Å². The van der Waals surface area contributed by atoms with E-state index in [4.69, 9.17) is 14.2 Å². The number of allylic oxidation sites excluding steroid dienone is 1. The molecule has 8 heteroatoms. The Bertz CT molecular complexity index is 1460. The minimum absolute atomic E-state index is 0.217. The largest absolute Gasteiger partial charge is 0.496 e. The van der Waals surface area contributed by atoms with Crippen LogP contribution < -0.4 is 24.4 Å². The molecule has 0 N–H and O–H groups in total. The monoisotopic (exact) mass is 490 g/mol. The summed E-state index contributed by atoms with van der Waals surface area (Å²) in [7, 11) is 1.59. The van der Waals surface area contributed by atoms with Crippen molar-refractivity contribution in [3.05, 3.63) is 103 Å². The second-order valence-corrected chi connectivity index (χ2v) is 8.72. The lowest BCUT2D eigenvalue weighted by molar-refractivity contribution is -0.139. The van der Waals surface area contributed by atoms with Crippen LogP contribution in [-0.2, 0) is 9.53 Å². The van der Waals surface area contributed by atoms with Crippen LogP contribution in [-0.4, -0.2) is 30.9 Å². The molecular formula is C27H26N2O5S. The Hall–Kier alpha value is -3.91. The quantitative estimate of drug-likeness (QED) is 0.357. The maximum atomic E-state index is 13.7. The molecule has 0 fully saturated rings. The van der Waals surface area contributed by atoms with E-state index in [-0.39, 0.29) is 12.2 Å². The van der Waals surface area contributed by atoms with Crippen molar-refractivity contribution in [1.82, 2.24) is 4.57 Å². The third-order valence-electron chi connectivity index (χ3n) is 5.51. The highest BCUT2D eigenvalue weighted by Crippen LogP contribution is 2.31. The fraction of sp³-hybridized carbons (Fsp3) is 0.222. The molecule has 0 amide bonds.